The fraction of sp³-hybridized carbons (Fsp3) is 0.0769. The molecule has 3 aromatic rings. The minimum absolute atomic E-state index is 0.685. The standard InChI is InChI=1S/C13H11N3OS/c1-17-10-4-2-9(3-5-10)11-8-12-13(18)14-6-7-16(12)15-11/h2-8H,1H3,(H,14,18). The number of methoxy groups -OCH3 is 1. The fourth-order valence-corrected chi connectivity index (χ4v) is 2.06. The molecule has 0 atom stereocenters. The van der Waals surface area contributed by atoms with E-state index in [-0.39, 0.29) is 0 Å². The molecule has 18 heavy (non-hydrogen) atoms. The fourth-order valence-electron chi connectivity index (χ4n) is 1.84. The van der Waals surface area contributed by atoms with Gasteiger partial charge in [0.25, 0.3) is 0 Å². The molecule has 0 amide bonds. The lowest BCUT2D eigenvalue weighted by atomic mass is 10.1. The maximum Gasteiger partial charge on any atom is 0.129 e. The van der Waals surface area contributed by atoms with Crippen molar-refractivity contribution in [1.82, 2.24) is 14.6 Å². The van der Waals surface area contributed by atoms with Gasteiger partial charge in [-0.3, -0.25) is 0 Å². The smallest absolute Gasteiger partial charge is 0.129 e. The lowest BCUT2D eigenvalue weighted by Crippen LogP contribution is -1.88. The van der Waals surface area contributed by atoms with Crippen LogP contribution in [0.1, 0.15) is 0 Å². The normalized spacial score (nSPS) is 10.7. The topological polar surface area (TPSA) is 42.3 Å². The molecular formula is C13H11N3OS. The van der Waals surface area contributed by atoms with Gasteiger partial charge in [-0.25, -0.2) is 4.52 Å². The number of aromatic amines is 1. The van der Waals surface area contributed by atoms with Crippen LogP contribution >= 0.6 is 12.2 Å². The van der Waals surface area contributed by atoms with Crippen molar-refractivity contribution in [2.75, 3.05) is 7.11 Å². The van der Waals surface area contributed by atoms with E-state index in [1.807, 2.05) is 36.5 Å². The molecule has 0 fully saturated rings. The summed E-state index contributed by atoms with van der Waals surface area (Å²) in [7, 11) is 1.65. The number of hydrogen-bond acceptors (Lipinski definition) is 3. The number of nitrogens with zero attached hydrogens (tertiary/aromatic N) is 2. The summed E-state index contributed by atoms with van der Waals surface area (Å²) in [4.78, 5) is 2.99. The quantitative estimate of drug-likeness (QED) is 0.717. The van der Waals surface area contributed by atoms with Gasteiger partial charge in [-0.05, 0) is 30.3 Å². The number of H-pyrrole nitrogens is 1. The van der Waals surface area contributed by atoms with E-state index >= 15 is 0 Å². The van der Waals surface area contributed by atoms with Crippen molar-refractivity contribution < 1.29 is 4.74 Å². The van der Waals surface area contributed by atoms with Crippen LogP contribution < -0.4 is 4.74 Å². The first-order valence-corrected chi connectivity index (χ1v) is 5.90. The molecule has 0 spiro atoms. The molecule has 0 aliphatic carbocycles. The number of hydrogen-bond donors (Lipinski definition) is 1. The molecule has 0 aliphatic rings. The van der Waals surface area contributed by atoms with Gasteiger partial charge in [0.2, 0.25) is 0 Å². The predicted molar refractivity (Wildman–Crippen MR) is 72.4 cm³/mol. The average molecular weight is 257 g/mol. The van der Waals surface area contributed by atoms with E-state index in [0.29, 0.717) is 4.64 Å². The van der Waals surface area contributed by atoms with Crippen molar-refractivity contribution in [2.45, 2.75) is 0 Å². The minimum atomic E-state index is 0.685. The van der Waals surface area contributed by atoms with Crippen LogP contribution in [0.3, 0.4) is 0 Å². The average Bonchev–Trinajstić information content (AvgIpc) is 2.84. The summed E-state index contributed by atoms with van der Waals surface area (Å²) >= 11 is 5.22. The molecular weight excluding hydrogens is 246 g/mol. The first-order chi connectivity index (χ1) is 8.78. The van der Waals surface area contributed by atoms with E-state index < -0.39 is 0 Å². The Labute approximate surface area is 109 Å². The zero-order chi connectivity index (χ0) is 12.5. The Morgan fingerprint density at radius 1 is 1.28 bits per heavy atom. The highest BCUT2D eigenvalue weighted by Crippen LogP contribution is 2.22. The molecule has 0 radical (unpaired) electrons. The zero-order valence-corrected chi connectivity index (χ0v) is 10.6. The number of rotatable bonds is 2. The first kappa shape index (κ1) is 11.0. The molecule has 2 heterocycles. The van der Waals surface area contributed by atoms with Crippen LogP contribution in [0.4, 0.5) is 0 Å². The van der Waals surface area contributed by atoms with Crippen molar-refractivity contribution in [3.63, 3.8) is 0 Å². The minimum Gasteiger partial charge on any atom is -0.497 e. The molecule has 5 heteroatoms. The molecule has 1 aromatic carbocycles. The molecule has 0 saturated carbocycles. The van der Waals surface area contributed by atoms with Gasteiger partial charge < -0.3 is 9.72 Å². The maximum absolute atomic E-state index is 5.22. The molecule has 4 nitrogen and oxygen atoms in total. The van der Waals surface area contributed by atoms with Gasteiger partial charge in [0.15, 0.2) is 0 Å². The number of benzene rings is 1. The summed E-state index contributed by atoms with van der Waals surface area (Å²) in [5.74, 6) is 0.833. The van der Waals surface area contributed by atoms with Crippen LogP contribution in [-0.4, -0.2) is 21.7 Å². The summed E-state index contributed by atoms with van der Waals surface area (Å²) in [5.41, 5.74) is 2.83. The molecule has 2 aromatic heterocycles. The summed E-state index contributed by atoms with van der Waals surface area (Å²) in [5, 5.41) is 4.49. The SMILES string of the molecule is COc1ccc(-c2cc3c(=S)[nH]ccn3n2)cc1. The first-order valence-electron chi connectivity index (χ1n) is 5.49. The van der Waals surface area contributed by atoms with Gasteiger partial charge in [0.1, 0.15) is 15.9 Å². The third-order valence-electron chi connectivity index (χ3n) is 2.78. The van der Waals surface area contributed by atoms with Gasteiger partial charge in [0, 0.05) is 18.0 Å². The number of aromatic nitrogens is 3. The Morgan fingerprint density at radius 3 is 2.72 bits per heavy atom. The van der Waals surface area contributed by atoms with E-state index in [4.69, 9.17) is 17.0 Å². The predicted octanol–water partition coefficient (Wildman–Crippen LogP) is 3.07. The Hall–Kier alpha value is -2.14. The summed E-state index contributed by atoms with van der Waals surface area (Å²) in [6.45, 7) is 0. The number of nitrogens with one attached hydrogen (secondary N) is 1. The third-order valence-corrected chi connectivity index (χ3v) is 3.11. The van der Waals surface area contributed by atoms with Crippen molar-refractivity contribution in [3.05, 3.63) is 47.4 Å². The van der Waals surface area contributed by atoms with Gasteiger partial charge >= 0.3 is 0 Å². The van der Waals surface area contributed by atoms with Crippen LogP contribution in [0.25, 0.3) is 16.8 Å². The lowest BCUT2D eigenvalue weighted by molar-refractivity contribution is 0.415. The highest BCUT2D eigenvalue weighted by Gasteiger charge is 2.05. The second-order valence-electron chi connectivity index (χ2n) is 3.88. The van der Waals surface area contributed by atoms with Crippen molar-refractivity contribution in [2.24, 2.45) is 0 Å². The summed E-state index contributed by atoms with van der Waals surface area (Å²) in [6, 6.07) is 9.77. The molecule has 0 bridgehead atoms. The van der Waals surface area contributed by atoms with E-state index in [9.17, 15) is 0 Å². The summed E-state index contributed by atoms with van der Waals surface area (Å²) in [6.07, 6.45) is 3.62. The number of fused-ring (bicyclic) bond motifs is 1. The van der Waals surface area contributed by atoms with Gasteiger partial charge in [-0.15, -0.1) is 0 Å². The van der Waals surface area contributed by atoms with Crippen LogP contribution in [-0.2, 0) is 0 Å². The largest absolute Gasteiger partial charge is 0.497 e. The highest BCUT2D eigenvalue weighted by atomic mass is 32.1. The van der Waals surface area contributed by atoms with E-state index in [1.165, 1.54) is 0 Å². The van der Waals surface area contributed by atoms with Crippen molar-refractivity contribution in [3.8, 4) is 17.0 Å². The third kappa shape index (κ3) is 1.78. The lowest BCUT2D eigenvalue weighted by Gasteiger charge is -1.99. The monoisotopic (exact) mass is 257 g/mol. The van der Waals surface area contributed by atoms with Crippen LogP contribution in [0.15, 0.2) is 42.7 Å². The van der Waals surface area contributed by atoms with Crippen LogP contribution in [0, 0.1) is 4.64 Å². The maximum atomic E-state index is 5.22. The van der Waals surface area contributed by atoms with Crippen LogP contribution in [0.2, 0.25) is 0 Å². The Morgan fingerprint density at radius 2 is 2.06 bits per heavy atom. The number of ether oxygens (including phenoxy) is 1. The van der Waals surface area contributed by atoms with Crippen molar-refractivity contribution >= 4 is 17.7 Å². The zero-order valence-electron chi connectivity index (χ0n) is 9.75. The van der Waals surface area contributed by atoms with E-state index in [1.54, 1.807) is 17.8 Å². The second kappa shape index (κ2) is 4.27. The van der Waals surface area contributed by atoms with E-state index in [0.717, 1.165) is 22.5 Å². The van der Waals surface area contributed by atoms with Crippen LogP contribution in [0.5, 0.6) is 5.75 Å². The highest BCUT2D eigenvalue weighted by molar-refractivity contribution is 7.71. The van der Waals surface area contributed by atoms with E-state index in [2.05, 4.69) is 10.1 Å². The molecule has 0 aliphatic heterocycles. The molecule has 3 rings (SSSR count). The summed E-state index contributed by atoms with van der Waals surface area (Å²) < 4.78 is 7.60. The Balaban J connectivity index is 2.13. The second-order valence-corrected chi connectivity index (χ2v) is 4.29. The van der Waals surface area contributed by atoms with Gasteiger partial charge in [0.05, 0.1) is 12.8 Å². The molecule has 90 valence electrons. The van der Waals surface area contributed by atoms with Crippen molar-refractivity contribution in [1.29, 1.82) is 0 Å². The Kier molecular flexibility index (Phi) is 2.60. The van der Waals surface area contributed by atoms with Gasteiger partial charge in [-0.2, -0.15) is 5.10 Å². The Bertz CT molecular complexity index is 743. The molecule has 0 saturated heterocycles. The van der Waals surface area contributed by atoms with Gasteiger partial charge in [-0.1, -0.05) is 12.2 Å². The molecule has 1 N–H and O–H groups in total. The molecule has 0 unspecified atom stereocenters.